The third kappa shape index (κ3) is 8.07. The summed E-state index contributed by atoms with van der Waals surface area (Å²) in [6, 6.07) is 6.40. The van der Waals surface area contributed by atoms with Crippen LogP contribution in [0.5, 0.6) is 11.5 Å². The van der Waals surface area contributed by atoms with E-state index in [0.717, 1.165) is 24.3 Å². The first-order valence-corrected chi connectivity index (χ1v) is 12.3. The monoisotopic (exact) mass is 502 g/mol. The highest BCUT2D eigenvalue weighted by atomic mass is 19.3. The Labute approximate surface area is 202 Å². The number of unbranched alkanes of at least 4 members (excludes halogenated alkanes) is 2. The molecule has 3 rings (SSSR count). The zero-order chi connectivity index (χ0) is 25.4. The maximum absolute atomic E-state index is 14.6. The van der Waals surface area contributed by atoms with E-state index < -0.39 is 41.4 Å². The zero-order valence-corrected chi connectivity index (χ0v) is 19.9. The van der Waals surface area contributed by atoms with E-state index >= 15 is 0 Å². The van der Waals surface area contributed by atoms with E-state index in [9.17, 15) is 26.3 Å². The van der Waals surface area contributed by atoms with Crippen molar-refractivity contribution < 1.29 is 35.8 Å². The van der Waals surface area contributed by atoms with Crippen molar-refractivity contribution in [1.29, 1.82) is 0 Å². The maximum Gasteiger partial charge on any atom is 0.426 e. The standard InChI is InChI=1S/C27H32F6O2/c1-2-3-4-5-18-6-8-19(9-7-18)10-11-20-12-14-21(15-13-20)27(32,33)35-22-16-23(28)25(24(29)17-22)34-26(30)31/h12-19,26H,2-11H2,1H3/t18-,19-. The van der Waals surface area contributed by atoms with Crippen LogP contribution < -0.4 is 9.47 Å². The Balaban J connectivity index is 1.52. The lowest BCUT2D eigenvalue weighted by molar-refractivity contribution is -0.185. The fraction of sp³-hybridized carbons (Fsp3) is 0.556. The lowest BCUT2D eigenvalue weighted by Gasteiger charge is -2.28. The number of halogens is 6. The number of hydrogen-bond acceptors (Lipinski definition) is 2. The summed E-state index contributed by atoms with van der Waals surface area (Å²) < 4.78 is 89.4. The quantitative estimate of drug-likeness (QED) is 0.213. The minimum atomic E-state index is -3.88. The molecule has 0 N–H and O–H groups in total. The van der Waals surface area contributed by atoms with Gasteiger partial charge in [0.05, 0.1) is 5.56 Å². The third-order valence-electron chi connectivity index (χ3n) is 6.74. The number of hydrogen-bond donors (Lipinski definition) is 0. The molecule has 2 nitrogen and oxygen atoms in total. The highest BCUT2D eigenvalue weighted by molar-refractivity contribution is 5.36. The van der Waals surface area contributed by atoms with Gasteiger partial charge < -0.3 is 9.47 Å². The molecule has 0 spiro atoms. The molecule has 8 heteroatoms. The Morgan fingerprint density at radius 3 is 2.00 bits per heavy atom. The molecule has 0 aromatic heterocycles. The second-order valence-corrected chi connectivity index (χ2v) is 9.33. The lowest BCUT2D eigenvalue weighted by Crippen LogP contribution is -2.22. The normalized spacial score (nSPS) is 18.6. The van der Waals surface area contributed by atoms with E-state index in [1.165, 1.54) is 63.5 Å². The first-order valence-electron chi connectivity index (χ1n) is 12.3. The van der Waals surface area contributed by atoms with Crippen LogP contribution in [0.3, 0.4) is 0 Å². The molecule has 1 fully saturated rings. The van der Waals surface area contributed by atoms with Crippen LogP contribution in [0, 0.1) is 23.5 Å². The van der Waals surface area contributed by atoms with Crippen molar-refractivity contribution in [2.75, 3.05) is 0 Å². The summed E-state index contributed by atoms with van der Waals surface area (Å²) in [7, 11) is 0. The summed E-state index contributed by atoms with van der Waals surface area (Å²) in [4.78, 5) is 0. The molecular weight excluding hydrogens is 470 g/mol. The molecule has 35 heavy (non-hydrogen) atoms. The second kappa shape index (κ2) is 12.5. The molecule has 0 heterocycles. The zero-order valence-electron chi connectivity index (χ0n) is 19.9. The lowest BCUT2D eigenvalue weighted by atomic mass is 9.78. The number of rotatable bonds is 12. The van der Waals surface area contributed by atoms with E-state index in [-0.39, 0.29) is 0 Å². The number of aryl methyl sites for hydroxylation is 1. The van der Waals surface area contributed by atoms with Crippen LogP contribution in [0.25, 0.3) is 0 Å². The SMILES string of the molecule is CCCCC[C@H]1CC[C@H](CCc2ccc(C(F)(F)Oc3cc(F)c(OC(F)F)c(F)c3)cc2)CC1. The molecule has 0 aliphatic heterocycles. The topological polar surface area (TPSA) is 18.5 Å². The summed E-state index contributed by atoms with van der Waals surface area (Å²) in [5.74, 6) is -3.84. The molecule has 0 unspecified atom stereocenters. The van der Waals surface area contributed by atoms with Gasteiger partial charge in [-0.1, -0.05) is 70.4 Å². The highest BCUT2D eigenvalue weighted by Crippen LogP contribution is 2.36. The Bertz CT molecular complexity index is 901. The van der Waals surface area contributed by atoms with Crippen molar-refractivity contribution in [3.63, 3.8) is 0 Å². The molecule has 194 valence electrons. The molecule has 1 aliphatic carbocycles. The average Bonchev–Trinajstić information content (AvgIpc) is 2.81. The largest absolute Gasteiger partial charge is 0.429 e. The molecule has 2 aromatic rings. The summed E-state index contributed by atoms with van der Waals surface area (Å²) in [5.41, 5.74) is 0.447. The van der Waals surface area contributed by atoms with E-state index in [4.69, 9.17) is 0 Å². The number of alkyl halides is 4. The van der Waals surface area contributed by atoms with Crippen molar-refractivity contribution >= 4 is 0 Å². The first-order chi connectivity index (χ1) is 16.7. The van der Waals surface area contributed by atoms with Crippen LogP contribution >= 0.6 is 0 Å². The first kappa shape index (κ1) is 27.2. The number of ether oxygens (including phenoxy) is 2. The Morgan fingerprint density at radius 2 is 1.46 bits per heavy atom. The van der Waals surface area contributed by atoms with Gasteiger partial charge in [0.2, 0.25) is 0 Å². The highest BCUT2D eigenvalue weighted by Gasteiger charge is 2.35. The van der Waals surface area contributed by atoms with Gasteiger partial charge in [-0.05, 0) is 42.4 Å². The molecular formula is C27H32F6O2. The molecule has 0 bridgehead atoms. The van der Waals surface area contributed by atoms with Crippen molar-refractivity contribution in [3.05, 3.63) is 59.2 Å². The molecule has 1 aliphatic rings. The molecule has 2 aromatic carbocycles. The van der Waals surface area contributed by atoms with Crippen LogP contribution in [0.2, 0.25) is 0 Å². The van der Waals surface area contributed by atoms with Gasteiger partial charge in [0, 0.05) is 12.1 Å². The molecule has 0 amide bonds. The summed E-state index contributed by atoms with van der Waals surface area (Å²) in [6.45, 7) is -1.24. The minimum Gasteiger partial charge on any atom is -0.429 e. The van der Waals surface area contributed by atoms with Gasteiger partial charge in [-0.2, -0.15) is 17.6 Å². The maximum atomic E-state index is 14.6. The van der Waals surface area contributed by atoms with E-state index in [0.29, 0.717) is 18.1 Å². The van der Waals surface area contributed by atoms with Crippen LogP contribution in [0.15, 0.2) is 36.4 Å². The predicted octanol–water partition coefficient (Wildman–Crippen LogP) is 9.01. The van der Waals surface area contributed by atoms with Crippen molar-refractivity contribution in [1.82, 2.24) is 0 Å². The van der Waals surface area contributed by atoms with E-state index in [2.05, 4.69) is 16.4 Å². The van der Waals surface area contributed by atoms with Gasteiger partial charge in [0.1, 0.15) is 5.75 Å². The Morgan fingerprint density at radius 1 is 0.886 bits per heavy atom. The van der Waals surface area contributed by atoms with Crippen LogP contribution in [0.1, 0.15) is 75.8 Å². The predicted molar refractivity (Wildman–Crippen MR) is 122 cm³/mol. The minimum absolute atomic E-state index is 0.377. The van der Waals surface area contributed by atoms with Gasteiger partial charge in [0.15, 0.2) is 17.4 Å². The van der Waals surface area contributed by atoms with Crippen LogP contribution in [-0.4, -0.2) is 6.61 Å². The second-order valence-electron chi connectivity index (χ2n) is 9.33. The molecule has 1 saturated carbocycles. The van der Waals surface area contributed by atoms with Crippen LogP contribution in [-0.2, 0) is 12.5 Å². The molecule has 0 radical (unpaired) electrons. The van der Waals surface area contributed by atoms with Gasteiger partial charge in [-0.15, -0.1) is 0 Å². The Hall–Kier alpha value is -2.38. The number of benzene rings is 2. The fourth-order valence-electron chi connectivity index (χ4n) is 4.73. The van der Waals surface area contributed by atoms with Gasteiger partial charge in [-0.25, -0.2) is 8.78 Å². The average molecular weight is 503 g/mol. The summed E-state index contributed by atoms with van der Waals surface area (Å²) in [6.07, 6.45) is 8.09. The van der Waals surface area contributed by atoms with Gasteiger partial charge in [-0.3, -0.25) is 0 Å². The van der Waals surface area contributed by atoms with Gasteiger partial charge >= 0.3 is 12.7 Å². The van der Waals surface area contributed by atoms with E-state index in [1.807, 2.05) is 0 Å². The Kier molecular flexibility index (Phi) is 9.75. The summed E-state index contributed by atoms with van der Waals surface area (Å²) in [5, 5.41) is 0. The molecule has 0 saturated heterocycles. The third-order valence-corrected chi connectivity index (χ3v) is 6.74. The fourth-order valence-corrected chi connectivity index (χ4v) is 4.73. The van der Waals surface area contributed by atoms with Crippen LogP contribution in [0.4, 0.5) is 26.3 Å². The van der Waals surface area contributed by atoms with Crippen molar-refractivity contribution in [2.45, 2.75) is 83.9 Å². The smallest absolute Gasteiger partial charge is 0.426 e. The van der Waals surface area contributed by atoms with Crippen molar-refractivity contribution in [3.8, 4) is 11.5 Å². The van der Waals surface area contributed by atoms with Crippen molar-refractivity contribution in [2.24, 2.45) is 11.8 Å². The van der Waals surface area contributed by atoms with E-state index in [1.54, 1.807) is 12.1 Å². The van der Waals surface area contributed by atoms with Gasteiger partial charge in [0.25, 0.3) is 0 Å². The summed E-state index contributed by atoms with van der Waals surface area (Å²) >= 11 is 0. The molecule has 0 atom stereocenters.